The molecule has 4 aromatic rings. The van der Waals surface area contributed by atoms with Crippen LogP contribution >= 0.6 is 0 Å². The van der Waals surface area contributed by atoms with Gasteiger partial charge in [-0.1, -0.05) is 18.2 Å². The maximum atomic E-state index is 13.8. The van der Waals surface area contributed by atoms with Crippen molar-refractivity contribution in [3.05, 3.63) is 98.2 Å². The van der Waals surface area contributed by atoms with E-state index in [9.17, 15) is 31.2 Å². The fourth-order valence-electron chi connectivity index (χ4n) is 4.28. The van der Waals surface area contributed by atoms with Gasteiger partial charge in [-0.05, 0) is 51.1 Å². The number of rotatable bonds is 5. The quantitative estimate of drug-likeness (QED) is 0.331. The van der Waals surface area contributed by atoms with Crippen molar-refractivity contribution in [2.24, 2.45) is 0 Å². The third-order valence-corrected chi connectivity index (χ3v) is 7.17. The second kappa shape index (κ2) is 9.70. The molecule has 0 saturated carbocycles. The zero-order valence-electron chi connectivity index (χ0n) is 21.2. The Kier molecular flexibility index (Phi) is 6.86. The second-order valence-corrected chi connectivity index (χ2v) is 11.0. The van der Waals surface area contributed by atoms with E-state index in [-0.39, 0.29) is 27.5 Å². The monoisotopic (exact) mass is 557 g/mol. The number of aromatic nitrogens is 4. The van der Waals surface area contributed by atoms with E-state index in [2.05, 4.69) is 9.94 Å². The zero-order valence-corrected chi connectivity index (χ0v) is 22.0. The van der Waals surface area contributed by atoms with E-state index in [0.29, 0.717) is 11.4 Å². The summed E-state index contributed by atoms with van der Waals surface area (Å²) in [6.45, 7) is 11.6. The van der Waals surface area contributed by atoms with Crippen LogP contribution in [-0.2, 0) is 16.0 Å². The summed E-state index contributed by atoms with van der Waals surface area (Å²) >= 11 is 0. The lowest BCUT2D eigenvalue weighted by Crippen LogP contribution is -2.42. The Balaban J connectivity index is 2.18. The maximum Gasteiger partial charge on any atom is 0.416 e. The van der Waals surface area contributed by atoms with Gasteiger partial charge >= 0.3 is 11.9 Å². The molecular formula is C26H22F3N5O4S. The molecule has 9 nitrogen and oxygen atoms in total. The number of nitrogens with zero attached hydrogens (tertiary/aromatic N) is 5. The van der Waals surface area contributed by atoms with Gasteiger partial charge in [0.25, 0.3) is 5.56 Å². The first-order valence-electron chi connectivity index (χ1n) is 11.5. The molecular weight excluding hydrogens is 535 g/mol. The van der Waals surface area contributed by atoms with Gasteiger partial charge < -0.3 is 0 Å². The van der Waals surface area contributed by atoms with Crippen LogP contribution in [0.25, 0.3) is 27.5 Å². The Morgan fingerprint density at radius 3 is 2.21 bits per heavy atom. The minimum Gasteiger partial charge on any atom is -0.268 e. The highest BCUT2D eigenvalue weighted by Gasteiger charge is 2.32. The highest BCUT2D eigenvalue weighted by atomic mass is 32.2. The first-order chi connectivity index (χ1) is 18.2. The van der Waals surface area contributed by atoms with Crippen molar-refractivity contribution in [3.8, 4) is 22.6 Å². The first kappa shape index (κ1) is 27.6. The minimum atomic E-state index is -4.69. The van der Waals surface area contributed by atoms with Crippen LogP contribution in [0.1, 0.15) is 31.1 Å². The molecule has 13 heteroatoms. The second-order valence-electron chi connectivity index (χ2n) is 9.06. The average Bonchev–Trinajstić information content (AvgIpc) is 3.29. The largest absolute Gasteiger partial charge is 0.416 e. The molecule has 2 aromatic heterocycles. The van der Waals surface area contributed by atoms with Crippen molar-refractivity contribution in [1.29, 1.82) is 0 Å². The number of sulfone groups is 1. The van der Waals surface area contributed by atoms with E-state index in [1.54, 1.807) is 13.8 Å². The average molecular weight is 558 g/mol. The van der Waals surface area contributed by atoms with E-state index in [1.807, 2.05) is 0 Å². The molecule has 0 radical (unpaired) electrons. The summed E-state index contributed by atoms with van der Waals surface area (Å²) in [7, 11) is -3.98. The normalized spacial score (nSPS) is 12.1. The summed E-state index contributed by atoms with van der Waals surface area (Å²) in [5, 5.41) is 4.19. The van der Waals surface area contributed by atoms with Gasteiger partial charge in [0.1, 0.15) is 10.6 Å². The predicted molar refractivity (Wildman–Crippen MR) is 138 cm³/mol. The van der Waals surface area contributed by atoms with Gasteiger partial charge in [0.2, 0.25) is 0 Å². The summed E-state index contributed by atoms with van der Waals surface area (Å²) in [5.41, 5.74) is -2.71. The molecule has 0 aliphatic rings. The van der Waals surface area contributed by atoms with Gasteiger partial charge in [0.15, 0.2) is 15.5 Å². The van der Waals surface area contributed by atoms with Crippen molar-refractivity contribution in [3.63, 3.8) is 0 Å². The van der Waals surface area contributed by atoms with Gasteiger partial charge in [-0.3, -0.25) is 13.9 Å². The van der Waals surface area contributed by atoms with Crippen molar-refractivity contribution in [1.82, 2.24) is 18.9 Å². The molecule has 0 atom stereocenters. The van der Waals surface area contributed by atoms with Gasteiger partial charge in [-0.15, -0.1) is 0 Å². The fourth-order valence-corrected chi connectivity index (χ4v) is 5.05. The van der Waals surface area contributed by atoms with Crippen LogP contribution in [-0.4, -0.2) is 33.6 Å². The molecule has 2 aromatic carbocycles. The Bertz CT molecular complexity index is 1860. The molecule has 0 fully saturated rings. The van der Waals surface area contributed by atoms with Crippen molar-refractivity contribution >= 4 is 15.5 Å². The van der Waals surface area contributed by atoms with E-state index >= 15 is 0 Å². The summed E-state index contributed by atoms with van der Waals surface area (Å²) in [6.07, 6.45) is -2.70. The molecule has 202 valence electrons. The number of hydrogen-bond donors (Lipinski definition) is 0. The van der Waals surface area contributed by atoms with Crippen molar-refractivity contribution in [2.75, 3.05) is 6.26 Å². The third-order valence-electron chi connectivity index (χ3n) is 6.07. The third kappa shape index (κ3) is 4.90. The lowest BCUT2D eigenvalue weighted by Gasteiger charge is -2.21. The Labute approximate surface area is 221 Å². The highest BCUT2D eigenvalue weighted by molar-refractivity contribution is 7.90. The van der Waals surface area contributed by atoms with Crippen LogP contribution < -0.4 is 11.2 Å². The maximum absolute atomic E-state index is 13.8. The van der Waals surface area contributed by atoms with Gasteiger partial charge in [0.05, 0.1) is 35.3 Å². The Morgan fingerprint density at radius 1 is 1.03 bits per heavy atom. The van der Waals surface area contributed by atoms with Crippen LogP contribution in [0.5, 0.6) is 0 Å². The van der Waals surface area contributed by atoms with Crippen LogP contribution in [0, 0.1) is 13.5 Å². The molecule has 0 saturated heterocycles. The Hall–Kier alpha value is -4.44. The fraction of sp³-hybridized carbons (Fsp3) is 0.231. The molecule has 4 rings (SSSR count). The molecule has 0 amide bonds. The van der Waals surface area contributed by atoms with Crippen LogP contribution in [0.3, 0.4) is 0 Å². The lowest BCUT2D eigenvalue weighted by molar-refractivity contribution is -0.137. The molecule has 0 aliphatic heterocycles. The van der Waals surface area contributed by atoms with E-state index < -0.39 is 38.9 Å². The lowest BCUT2D eigenvalue weighted by atomic mass is 10.1. The summed E-state index contributed by atoms with van der Waals surface area (Å²) in [6, 6.07) is 9.33. The van der Waals surface area contributed by atoms with Crippen LogP contribution in [0.2, 0.25) is 0 Å². The molecule has 0 N–H and O–H groups in total. The first-order valence-corrected chi connectivity index (χ1v) is 13.4. The van der Waals surface area contributed by atoms with E-state index in [4.69, 9.17) is 6.57 Å². The molecule has 0 unspecified atom stereocenters. The highest BCUT2D eigenvalue weighted by Crippen LogP contribution is 2.33. The van der Waals surface area contributed by atoms with Gasteiger partial charge in [-0.25, -0.2) is 22.7 Å². The minimum absolute atomic E-state index is 0.0781. The molecule has 0 aliphatic carbocycles. The Morgan fingerprint density at radius 2 is 1.67 bits per heavy atom. The number of benzene rings is 2. The van der Waals surface area contributed by atoms with E-state index in [0.717, 1.165) is 39.8 Å². The SMILES string of the molecule is [C-]#[N+]c1ccc(-n2ncc(S(C)(=O)=O)c2-c2c(C)n(-c3cccc(C(F)(F)F)c3)c(=O)n(C(C)C)c2=O)cc1. The molecule has 39 heavy (non-hydrogen) atoms. The molecule has 2 heterocycles. The molecule has 0 bridgehead atoms. The topological polar surface area (TPSA) is 100 Å². The smallest absolute Gasteiger partial charge is 0.268 e. The zero-order chi connectivity index (χ0) is 28.9. The standard InChI is InChI=1S/C26H22F3N5O4S/c1-15(2)32-24(35)22(16(3)33(25(32)36)20-8-6-7-17(13-20)26(27,28)29)23-21(39(5,37)38)14-31-34(23)19-11-9-18(30-4)10-12-19/h6-15H,1-3,5H3. The molecule has 0 spiro atoms. The van der Waals surface area contributed by atoms with Gasteiger partial charge in [0, 0.05) is 18.0 Å². The van der Waals surface area contributed by atoms with Crippen LogP contribution in [0.15, 0.2) is 69.2 Å². The predicted octanol–water partition coefficient (Wildman–Crippen LogP) is 4.71. The number of halogens is 3. The van der Waals surface area contributed by atoms with Crippen LogP contribution in [0.4, 0.5) is 18.9 Å². The summed E-state index contributed by atoms with van der Waals surface area (Å²) in [4.78, 5) is 30.3. The number of alkyl halides is 3. The summed E-state index contributed by atoms with van der Waals surface area (Å²) < 4.78 is 69.1. The van der Waals surface area contributed by atoms with Gasteiger partial charge in [-0.2, -0.15) is 18.3 Å². The number of hydrogen-bond acceptors (Lipinski definition) is 5. The van der Waals surface area contributed by atoms with E-state index in [1.165, 1.54) is 41.9 Å². The van der Waals surface area contributed by atoms with Crippen molar-refractivity contribution < 1.29 is 21.6 Å². The van der Waals surface area contributed by atoms with Crippen molar-refractivity contribution in [2.45, 2.75) is 37.9 Å². The summed E-state index contributed by atoms with van der Waals surface area (Å²) in [5.74, 6) is 0.